The van der Waals surface area contributed by atoms with Crippen LogP contribution < -0.4 is 32.3 Å². The highest BCUT2D eigenvalue weighted by Crippen LogP contribution is 2.28. The van der Waals surface area contributed by atoms with Crippen LogP contribution in [0.15, 0.2) is 4.99 Å². The fraction of sp³-hybridized carbons (Fsp3) is 0.750. The summed E-state index contributed by atoms with van der Waals surface area (Å²) in [6, 6.07) is -5.40. The van der Waals surface area contributed by atoms with Crippen molar-refractivity contribution in [1.82, 2.24) is 31.5 Å². The molecule has 0 fully saturated rings. The number of carbonyl (C=O) groups is 10. The van der Waals surface area contributed by atoms with Gasteiger partial charge in [-0.2, -0.15) is 0 Å². The number of rotatable bonds is 41. The Kier molecular flexibility index (Phi) is 32.7. The van der Waals surface area contributed by atoms with E-state index in [1.165, 1.54) is 26.9 Å². The van der Waals surface area contributed by atoms with Crippen molar-refractivity contribution < 1.29 is 58.2 Å². The number of nitrogens with one attached hydrogen (secondary N) is 5. The number of carbonyl (C=O) groups excluding carboxylic acids is 8. The van der Waals surface area contributed by atoms with Crippen LogP contribution in [-0.2, 0) is 47.9 Å². The summed E-state index contributed by atoms with van der Waals surface area (Å²) in [5, 5.41) is 31.6. The first-order valence-electron chi connectivity index (χ1n) is 22.8. The van der Waals surface area contributed by atoms with Gasteiger partial charge >= 0.3 is 11.9 Å². The number of nitrogens with zero attached hydrogens (tertiary/aromatic N) is 2. The number of hydrogen-bond donors (Lipinski definition) is 8. The Morgan fingerprint density at radius 3 is 1.77 bits per heavy atom. The van der Waals surface area contributed by atoms with E-state index in [0.717, 1.165) is 70.4 Å². The molecule has 0 radical (unpaired) electrons. The van der Waals surface area contributed by atoms with Crippen LogP contribution in [0.5, 0.6) is 0 Å². The Labute approximate surface area is 377 Å². The summed E-state index contributed by atoms with van der Waals surface area (Å²) in [6.45, 7) is 1.92. The molecule has 0 heterocycles. The minimum atomic E-state index is -3.35. The fourth-order valence-electron chi connectivity index (χ4n) is 7.13. The molecule has 64 heavy (non-hydrogen) atoms. The van der Waals surface area contributed by atoms with E-state index in [-0.39, 0.29) is 32.2 Å². The van der Waals surface area contributed by atoms with Gasteiger partial charge in [0.2, 0.25) is 23.3 Å². The highest BCUT2D eigenvalue weighted by atomic mass is 16.4. The van der Waals surface area contributed by atoms with Crippen molar-refractivity contribution in [3.05, 3.63) is 0 Å². The van der Waals surface area contributed by atoms with Crippen LogP contribution in [0, 0.1) is 0 Å². The number of carboxylic acids is 2. The molecule has 0 aliphatic rings. The molecule has 364 valence electrons. The van der Waals surface area contributed by atoms with Crippen LogP contribution in [0.1, 0.15) is 142 Å². The van der Waals surface area contributed by atoms with E-state index >= 15 is 4.79 Å². The summed E-state index contributed by atoms with van der Waals surface area (Å²) < 4.78 is 0. The van der Waals surface area contributed by atoms with E-state index < -0.39 is 115 Å². The number of carboxylic acid groups (broad SMARTS) is 2. The second-order valence-corrected chi connectivity index (χ2v) is 15.9. The smallest absolute Gasteiger partial charge is 0.303 e. The van der Waals surface area contributed by atoms with E-state index in [1.807, 2.05) is 0 Å². The normalized spacial score (nSPS) is 13.5. The zero-order valence-corrected chi connectivity index (χ0v) is 38.5. The summed E-state index contributed by atoms with van der Waals surface area (Å²) in [5.41, 5.74) is 2.90. The van der Waals surface area contributed by atoms with Crippen molar-refractivity contribution in [3.63, 3.8) is 0 Å². The third-order valence-corrected chi connectivity index (χ3v) is 10.6. The van der Waals surface area contributed by atoms with Crippen molar-refractivity contribution in [2.75, 3.05) is 46.8 Å². The quantitative estimate of drug-likeness (QED) is 0.0186. The number of aldehydes is 1. The van der Waals surface area contributed by atoms with Crippen molar-refractivity contribution in [3.8, 4) is 0 Å². The molecule has 4 atom stereocenters. The minimum Gasteiger partial charge on any atom is -0.481 e. The van der Waals surface area contributed by atoms with Crippen LogP contribution >= 0.6 is 0 Å². The van der Waals surface area contributed by atoms with Crippen molar-refractivity contribution >= 4 is 65.4 Å². The molecule has 1 unspecified atom stereocenters. The summed E-state index contributed by atoms with van der Waals surface area (Å²) in [5.74, 6) is -10.4. The molecule has 20 heteroatoms. The third-order valence-electron chi connectivity index (χ3n) is 10.6. The zero-order chi connectivity index (χ0) is 48.3. The van der Waals surface area contributed by atoms with Gasteiger partial charge in [-0.1, -0.05) is 104 Å². The molecule has 0 spiro atoms. The van der Waals surface area contributed by atoms with E-state index in [2.05, 4.69) is 45.4 Å². The number of aliphatic carboxylic acids is 2. The molecule has 0 saturated carbocycles. The number of hydrogen-bond acceptors (Lipinski definition) is 14. The van der Waals surface area contributed by atoms with Crippen LogP contribution in [0.2, 0.25) is 0 Å². The number of likely N-dealkylation sites (N-methyl/N-ethyl adjacent to an activating group) is 1. The molecular weight excluding hydrogens is 833 g/mol. The molecule has 0 aliphatic carbocycles. The molecule has 0 bridgehead atoms. The lowest BCUT2D eigenvalue weighted by Crippen LogP contribution is -2.73. The van der Waals surface area contributed by atoms with E-state index in [0.29, 0.717) is 24.3 Å². The molecule has 0 aromatic carbocycles. The number of nitrogens with two attached hydrogens (primary N) is 1. The minimum absolute atomic E-state index is 0.189. The van der Waals surface area contributed by atoms with E-state index in [9.17, 15) is 53.4 Å². The summed E-state index contributed by atoms with van der Waals surface area (Å²) in [7, 11) is 2.71. The van der Waals surface area contributed by atoms with Gasteiger partial charge in [0.05, 0.1) is 50.5 Å². The maximum atomic E-state index is 15.1. The monoisotopic (exact) mass is 909 g/mol. The molecular formula is C44H76N8O12. The standard InChI is InChI=1S/C44H76N8O12/c1-5-7-9-11-13-15-17-19-25-48-29-38(57)51-33(22-24-41(61)62)43(64)44(31-53,35(54)26-49-36(55)27-46-3)52(39(58)30-50-37(56)28-47-4)34(20-18-16-14-12-10-8-6-2)42(63)32(45)21-23-40(59)60/h27,31-34,47-48H,5-26,28-30,45H2,1-4H3,(H,49,55)(H,50,56)(H,51,57)(H,59,60)(H,61,62)/t32-,33-,34?,44-/m0/s1. The maximum Gasteiger partial charge on any atom is 0.303 e. The molecule has 20 nitrogen and oxygen atoms in total. The van der Waals surface area contributed by atoms with Crippen molar-refractivity contribution in [1.29, 1.82) is 0 Å². The first-order valence-corrected chi connectivity index (χ1v) is 22.8. The summed E-state index contributed by atoms with van der Waals surface area (Å²) in [6.07, 6.45) is 11.4. The lowest BCUT2D eigenvalue weighted by molar-refractivity contribution is -0.162. The molecule has 0 rings (SSSR count). The van der Waals surface area contributed by atoms with Gasteiger partial charge in [0.1, 0.15) is 0 Å². The Morgan fingerprint density at radius 1 is 0.688 bits per heavy atom. The molecule has 0 aliphatic heterocycles. The Bertz CT molecular complexity index is 1530. The zero-order valence-electron chi connectivity index (χ0n) is 38.5. The average molecular weight is 909 g/mol. The van der Waals surface area contributed by atoms with Crippen LogP contribution in [0.4, 0.5) is 0 Å². The lowest BCUT2D eigenvalue weighted by Gasteiger charge is -2.44. The molecule has 0 saturated heterocycles. The van der Waals surface area contributed by atoms with Crippen molar-refractivity contribution in [2.24, 2.45) is 10.7 Å². The number of unbranched alkanes of at least 4 members (excludes halogenated alkanes) is 13. The highest BCUT2D eigenvalue weighted by molar-refractivity contribution is 6.30. The lowest BCUT2D eigenvalue weighted by atomic mass is 9.80. The fourth-order valence-corrected chi connectivity index (χ4v) is 7.13. The topological polar surface area (TPSA) is 313 Å². The van der Waals surface area contributed by atoms with Crippen molar-refractivity contribution in [2.45, 2.75) is 166 Å². The van der Waals surface area contributed by atoms with Gasteiger partial charge in [-0.05, 0) is 39.3 Å². The molecule has 0 aromatic rings. The second-order valence-electron chi connectivity index (χ2n) is 15.9. The molecule has 9 N–H and O–H groups in total. The second kappa shape index (κ2) is 35.4. The van der Waals surface area contributed by atoms with E-state index in [4.69, 9.17) is 5.73 Å². The largest absolute Gasteiger partial charge is 0.481 e. The Balaban J connectivity index is 7.49. The average Bonchev–Trinajstić information content (AvgIpc) is 3.26. The van der Waals surface area contributed by atoms with Gasteiger partial charge in [-0.3, -0.25) is 52.9 Å². The SMILES string of the molecule is CCCCCCCCCCNCC(=O)N[C@@H](CCC(=O)O)C(=O)[C@](C=O)(C(=O)CNC(=O)C=NC)N(C(=O)CNC(=O)CNC)C(CCCCCCCCC)C(=O)[C@@H](N)CCC(=O)O. The number of amides is 4. The van der Waals surface area contributed by atoms with Gasteiger partial charge in [-0.15, -0.1) is 0 Å². The predicted molar refractivity (Wildman–Crippen MR) is 241 cm³/mol. The number of Topliss-reactive ketones (excluding diaryl/α,β-unsaturated/α-hetero) is 3. The van der Waals surface area contributed by atoms with Gasteiger partial charge in [0.25, 0.3) is 5.91 Å². The van der Waals surface area contributed by atoms with Gasteiger partial charge < -0.3 is 47.4 Å². The Hall–Kier alpha value is -4.95. The molecule has 4 amide bonds. The highest BCUT2D eigenvalue weighted by Gasteiger charge is 2.58. The summed E-state index contributed by atoms with van der Waals surface area (Å²) >= 11 is 0. The predicted octanol–water partition coefficient (Wildman–Crippen LogP) is 1.39. The van der Waals surface area contributed by atoms with Gasteiger partial charge in [-0.25, -0.2) is 0 Å². The number of ketones is 3. The third kappa shape index (κ3) is 23.7. The number of aliphatic imine (C=N–C) groups is 1. The van der Waals surface area contributed by atoms with Gasteiger partial charge in [0.15, 0.2) is 23.6 Å². The maximum absolute atomic E-state index is 15.1. The summed E-state index contributed by atoms with van der Waals surface area (Å²) in [4.78, 5) is 139. The van der Waals surface area contributed by atoms with Crippen LogP contribution in [-0.4, -0.2) is 151 Å². The first-order chi connectivity index (χ1) is 30.6. The van der Waals surface area contributed by atoms with Crippen LogP contribution in [0.3, 0.4) is 0 Å². The van der Waals surface area contributed by atoms with Crippen LogP contribution in [0.25, 0.3) is 0 Å². The van der Waals surface area contributed by atoms with Gasteiger partial charge in [0, 0.05) is 19.9 Å². The Morgan fingerprint density at radius 2 is 1.23 bits per heavy atom. The molecule has 0 aromatic heterocycles. The first kappa shape index (κ1) is 59.0. The van der Waals surface area contributed by atoms with E-state index in [1.54, 1.807) is 0 Å².